The van der Waals surface area contributed by atoms with Gasteiger partial charge in [0.2, 0.25) is 11.8 Å². The fourth-order valence-corrected chi connectivity index (χ4v) is 2.81. The van der Waals surface area contributed by atoms with Gasteiger partial charge in [-0.2, -0.15) is 0 Å². The second-order valence-electron chi connectivity index (χ2n) is 5.16. The summed E-state index contributed by atoms with van der Waals surface area (Å²) in [6.45, 7) is 4.83. The summed E-state index contributed by atoms with van der Waals surface area (Å²) in [4.78, 5) is 40.1. The van der Waals surface area contributed by atoms with Crippen LogP contribution in [0.5, 0.6) is 0 Å². The second-order valence-corrected chi connectivity index (χ2v) is 6.00. The van der Waals surface area contributed by atoms with Crippen LogP contribution in [0.25, 0.3) is 0 Å². The Labute approximate surface area is 119 Å². The molecule has 1 atom stereocenters. The molecule has 7 nitrogen and oxygen atoms in total. The highest BCUT2D eigenvalue weighted by Crippen LogP contribution is 2.30. The molecule has 1 aliphatic rings. The Bertz CT molecular complexity index is 581. The van der Waals surface area contributed by atoms with Gasteiger partial charge in [-0.3, -0.25) is 19.7 Å². The number of carbonyl (C=O) groups is 3. The maximum Gasteiger partial charge on any atom is 0.315 e. The average molecular weight is 297 g/mol. The van der Waals surface area contributed by atoms with E-state index >= 15 is 0 Å². The molecule has 2 N–H and O–H groups in total. The Hall–Kier alpha value is -1.96. The smallest absolute Gasteiger partial charge is 0.315 e. The van der Waals surface area contributed by atoms with Crippen LogP contribution in [0.1, 0.15) is 26.5 Å². The number of thiazole rings is 1. The quantitative estimate of drug-likeness (QED) is 0.781. The second kappa shape index (κ2) is 4.86. The number of hydrogen-bond acceptors (Lipinski definition) is 6. The van der Waals surface area contributed by atoms with Gasteiger partial charge in [-0.1, -0.05) is 0 Å². The summed E-state index contributed by atoms with van der Waals surface area (Å²) in [5.74, 6) is -1.74. The molecule has 1 fully saturated rings. The maximum absolute atomic E-state index is 11.6. The lowest BCUT2D eigenvalue weighted by Crippen LogP contribution is -2.57. The highest BCUT2D eigenvalue weighted by molar-refractivity contribution is 7.13. The highest BCUT2D eigenvalue weighted by atomic mass is 32.1. The number of aromatic nitrogens is 1. The first-order chi connectivity index (χ1) is 9.23. The molecule has 0 aromatic carbocycles. The lowest BCUT2D eigenvalue weighted by atomic mass is 9.90. The molecule has 8 heteroatoms. The van der Waals surface area contributed by atoms with Gasteiger partial charge in [-0.15, -0.1) is 11.3 Å². The number of aliphatic carboxylic acids is 1. The number of imide groups is 1. The normalized spacial score (nSPS) is 19.9. The van der Waals surface area contributed by atoms with Crippen LogP contribution in [-0.2, 0) is 19.8 Å². The topological polar surface area (TPSA) is 99.6 Å². The van der Waals surface area contributed by atoms with Gasteiger partial charge in [-0.05, 0) is 20.8 Å². The number of nitrogens with one attached hydrogen (secondary N) is 1. The minimum absolute atomic E-state index is 0.0351. The van der Waals surface area contributed by atoms with Gasteiger partial charge < -0.3 is 10.0 Å². The number of carboxylic acid groups (broad SMARTS) is 1. The molecule has 2 heterocycles. The van der Waals surface area contributed by atoms with Crippen LogP contribution in [-0.4, -0.2) is 40.5 Å². The zero-order chi connectivity index (χ0) is 15.1. The number of rotatable bonds is 3. The minimum atomic E-state index is -1.11. The van der Waals surface area contributed by atoms with Crippen molar-refractivity contribution in [3.63, 3.8) is 0 Å². The number of carbonyl (C=O) groups excluding carboxylic acids is 2. The number of anilines is 1. The van der Waals surface area contributed by atoms with Crippen LogP contribution in [0.2, 0.25) is 0 Å². The Morgan fingerprint density at radius 2 is 2.20 bits per heavy atom. The van der Waals surface area contributed by atoms with E-state index in [4.69, 9.17) is 0 Å². The van der Waals surface area contributed by atoms with Crippen molar-refractivity contribution >= 4 is 34.3 Å². The monoisotopic (exact) mass is 297 g/mol. The summed E-state index contributed by atoms with van der Waals surface area (Å²) in [5.41, 5.74) is -0.698. The molecule has 0 bridgehead atoms. The average Bonchev–Trinajstić information content (AvgIpc) is 2.83. The van der Waals surface area contributed by atoms with Crippen LogP contribution in [0.4, 0.5) is 5.13 Å². The Balaban J connectivity index is 2.31. The lowest BCUT2D eigenvalue weighted by molar-refractivity contribution is -0.142. The van der Waals surface area contributed by atoms with Crippen molar-refractivity contribution in [1.82, 2.24) is 10.3 Å². The van der Waals surface area contributed by atoms with Crippen LogP contribution in [0.3, 0.4) is 0 Å². The first-order valence-electron chi connectivity index (χ1n) is 6.03. The molecule has 1 aromatic heterocycles. The highest BCUT2D eigenvalue weighted by Gasteiger charge is 2.35. The van der Waals surface area contributed by atoms with Crippen molar-refractivity contribution in [2.75, 3.05) is 11.4 Å². The standard InChI is InChI=1S/C12H15N3O4S/c1-6-9(17)14-8(16)4-15(6)11-13-7(5-20-11)12(2,3)10(18)19/h5-6H,4H2,1-3H3,(H,18,19)(H,14,16,17). The Morgan fingerprint density at radius 1 is 1.55 bits per heavy atom. The summed E-state index contributed by atoms with van der Waals surface area (Å²) in [7, 11) is 0. The van der Waals surface area contributed by atoms with Gasteiger partial charge in [0.1, 0.15) is 18.0 Å². The van der Waals surface area contributed by atoms with E-state index in [9.17, 15) is 19.5 Å². The summed E-state index contributed by atoms with van der Waals surface area (Å²) >= 11 is 1.23. The summed E-state index contributed by atoms with van der Waals surface area (Å²) in [6.07, 6.45) is 0. The third-order valence-electron chi connectivity index (χ3n) is 3.34. The van der Waals surface area contributed by atoms with Crippen LogP contribution < -0.4 is 10.2 Å². The molecule has 2 rings (SSSR count). The molecule has 0 radical (unpaired) electrons. The molecule has 0 spiro atoms. The van der Waals surface area contributed by atoms with Crippen LogP contribution in [0, 0.1) is 0 Å². The molecule has 2 amide bonds. The van der Waals surface area contributed by atoms with E-state index in [-0.39, 0.29) is 18.4 Å². The Morgan fingerprint density at radius 3 is 2.80 bits per heavy atom. The van der Waals surface area contributed by atoms with Crippen LogP contribution >= 0.6 is 11.3 Å². The van der Waals surface area contributed by atoms with E-state index < -0.39 is 17.4 Å². The third kappa shape index (κ3) is 2.38. The van der Waals surface area contributed by atoms with Gasteiger partial charge in [0.25, 0.3) is 0 Å². The molecule has 20 heavy (non-hydrogen) atoms. The van der Waals surface area contributed by atoms with Crippen molar-refractivity contribution < 1.29 is 19.5 Å². The van der Waals surface area contributed by atoms with Crippen LogP contribution in [0.15, 0.2) is 5.38 Å². The van der Waals surface area contributed by atoms with E-state index in [1.165, 1.54) is 11.3 Å². The molecule has 1 aromatic rings. The number of amides is 2. The van der Waals surface area contributed by atoms with Gasteiger partial charge in [-0.25, -0.2) is 4.98 Å². The van der Waals surface area contributed by atoms with E-state index in [0.717, 1.165) is 0 Å². The van der Waals surface area contributed by atoms with Gasteiger partial charge >= 0.3 is 5.97 Å². The number of piperazine rings is 1. The number of hydrogen-bond donors (Lipinski definition) is 2. The molecule has 0 aliphatic carbocycles. The number of carboxylic acids is 1. The van der Waals surface area contributed by atoms with Gasteiger partial charge in [0.05, 0.1) is 5.69 Å². The van der Waals surface area contributed by atoms with Crippen molar-refractivity contribution in [3.8, 4) is 0 Å². The molecular weight excluding hydrogens is 282 g/mol. The SMILES string of the molecule is CC1C(=O)NC(=O)CN1c1nc(C(C)(C)C(=O)O)cs1. The molecule has 1 aliphatic heterocycles. The van der Waals surface area contributed by atoms with Crippen molar-refractivity contribution in [2.24, 2.45) is 0 Å². The van der Waals surface area contributed by atoms with E-state index in [1.54, 1.807) is 31.1 Å². The summed E-state index contributed by atoms with van der Waals surface area (Å²) in [6, 6.07) is -0.514. The zero-order valence-corrected chi connectivity index (χ0v) is 12.2. The fraction of sp³-hybridized carbons (Fsp3) is 0.500. The molecule has 1 unspecified atom stereocenters. The number of nitrogens with zero attached hydrogens (tertiary/aromatic N) is 2. The van der Waals surface area contributed by atoms with E-state index in [0.29, 0.717) is 10.8 Å². The predicted octanol–water partition coefficient (Wildman–Crippen LogP) is 0.357. The van der Waals surface area contributed by atoms with Crippen molar-refractivity contribution in [1.29, 1.82) is 0 Å². The molecule has 0 saturated carbocycles. The van der Waals surface area contributed by atoms with Gasteiger partial charge in [0, 0.05) is 5.38 Å². The van der Waals surface area contributed by atoms with Gasteiger partial charge in [0.15, 0.2) is 5.13 Å². The largest absolute Gasteiger partial charge is 0.481 e. The summed E-state index contributed by atoms with van der Waals surface area (Å²) < 4.78 is 0. The first-order valence-corrected chi connectivity index (χ1v) is 6.91. The third-order valence-corrected chi connectivity index (χ3v) is 4.21. The van der Waals surface area contributed by atoms with E-state index in [2.05, 4.69) is 10.3 Å². The minimum Gasteiger partial charge on any atom is -0.481 e. The fourth-order valence-electron chi connectivity index (χ4n) is 1.74. The lowest BCUT2D eigenvalue weighted by Gasteiger charge is -2.31. The predicted molar refractivity (Wildman–Crippen MR) is 72.7 cm³/mol. The zero-order valence-electron chi connectivity index (χ0n) is 11.3. The summed E-state index contributed by atoms with van der Waals surface area (Å²) in [5, 5.41) is 13.6. The first kappa shape index (κ1) is 14.4. The van der Waals surface area contributed by atoms with Crippen molar-refractivity contribution in [3.05, 3.63) is 11.1 Å². The molecule has 108 valence electrons. The van der Waals surface area contributed by atoms with E-state index in [1.807, 2.05) is 0 Å². The molecular formula is C12H15N3O4S. The molecule has 1 saturated heterocycles. The Kier molecular flexibility index (Phi) is 3.51. The maximum atomic E-state index is 11.6. The van der Waals surface area contributed by atoms with Crippen molar-refractivity contribution in [2.45, 2.75) is 32.2 Å².